The zero-order valence-corrected chi connectivity index (χ0v) is 22.7. The van der Waals surface area contributed by atoms with E-state index in [0.717, 1.165) is 74.9 Å². The van der Waals surface area contributed by atoms with Crippen LogP contribution in [0.15, 0.2) is 91.4 Å². The molecule has 5 heteroatoms. The number of nitrogens with zero attached hydrogens (tertiary/aromatic N) is 4. The molecule has 1 saturated heterocycles. The van der Waals surface area contributed by atoms with Gasteiger partial charge in [0.15, 0.2) is 0 Å². The van der Waals surface area contributed by atoms with Crippen LogP contribution in [0.5, 0.6) is 0 Å². The molecule has 1 amide bonds. The summed E-state index contributed by atoms with van der Waals surface area (Å²) in [5, 5.41) is 4.75. The summed E-state index contributed by atoms with van der Waals surface area (Å²) in [6, 6.07) is 27.8. The lowest BCUT2D eigenvalue weighted by molar-refractivity contribution is 0.0627. The minimum absolute atomic E-state index is 0.158. The van der Waals surface area contributed by atoms with E-state index in [-0.39, 0.29) is 5.91 Å². The van der Waals surface area contributed by atoms with Gasteiger partial charge in [0.1, 0.15) is 0 Å². The monoisotopic (exact) mass is 516 g/mol. The van der Waals surface area contributed by atoms with Crippen molar-refractivity contribution < 1.29 is 4.79 Å². The Labute approximate surface area is 230 Å². The van der Waals surface area contributed by atoms with Crippen molar-refractivity contribution in [1.82, 2.24) is 19.4 Å². The van der Waals surface area contributed by atoms with Gasteiger partial charge in [0.05, 0.1) is 12.0 Å². The van der Waals surface area contributed by atoms with Crippen molar-refractivity contribution in [3.05, 3.63) is 114 Å². The van der Waals surface area contributed by atoms with E-state index in [9.17, 15) is 4.79 Å². The number of piperazine rings is 1. The van der Waals surface area contributed by atoms with E-state index in [2.05, 4.69) is 94.2 Å². The molecule has 1 aliphatic rings. The first-order valence-corrected chi connectivity index (χ1v) is 14.2. The molecule has 39 heavy (non-hydrogen) atoms. The van der Waals surface area contributed by atoms with Gasteiger partial charge >= 0.3 is 0 Å². The highest BCUT2D eigenvalue weighted by atomic mass is 16.2. The second-order valence-electron chi connectivity index (χ2n) is 10.7. The molecular weight excluding hydrogens is 480 g/mol. The number of imidazole rings is 1. The summed E-state index contributed by atoms with van der Waals surface area (Å²) in [4.78, 5) is 22.6. The zero-order chi connectivity index (χ0) is 26.6. The molecule has 1 aliphatic heterocycles. The van der Waals surface area contributed by atoms with Crippen molar-refractivity contribution in [2.75, 3.05) is 26.2 Å². The SMILES string of the molecule is CCCCc1cc(C(=O)N2CCN(Cc3cncn3Cc3ccc4ccccc4c3)CC2)c2ccccc2c1. The molecule has 5 nitrogen and oxygen atoms in total. The smallest absolute Gasteiger partial charge is 0.254 e. The van der Waals surface area contributed by atoms with Crippen LogP contribution < -0.4 is 0 Å². The lowest BCUT2D eigenvalue weighted by atomic mass is 9.97. The first kappa shape index (κ1) is 25.3. The van der Waals surface area contributed by atoms with Gasteiger partial charge in [-0.05, 0) is 57.6 Å². The average Bonchev–Trinajstić information content (AvgIpc) is 3.41. The van der Waals surface area contributed by atoms with Crippen molar-refractivity contribution in [3.8, 4) is 0 Å². The number of carbonyl (C=O) groups excluding carboxylic acids is 1. The van der Waals surface area contributed by atoms with Crippen LogP contribution in [0.1, 0.15) is 46.9 Å². The molecule has 5 aromatic rings. The van der Waals surface area contributed by atoms with E-state index in [4.69, 9.17) is 0 Å². The van der Waals surface area contributed by atoms with E-state index in [1.807, 2.05) is 23.5 Å². The fraction of sp³-hybridized carbons (Fsp3) is 0.294. The van der Waals surface area contributed by atoms with Gasteiger partial charge in [-0.2, -0.15) is 0 Å². The molecule has 6 rings (SSSR count). The molecule has 0 aliphatic carbocycles. The first-order chi connectivity index (χ1) is 19.2. The van der Waals surface area contributed by atoms with Gasteiger partial charge in [0.2, 0.25) is 0 Å². The molecule has 0 atom stereocenters. The Morgan fingerprint density at radius 2 is 1.54 bits per heavy atom. The van der Waals surface area contributed by atoms with Crippen LogP contribution in [-0.4, -0.2) is 51.4 Å². The third-order valence-corrected chi connectivity index (χ3v) is 7.98. The summed E-state index contributed by atoms with van der Waals surface area (Å²) in [5.41, 5.74) is 4.59. The number of carbonyl (C=O) groups is 1. The summed E-state index contributed by atoms with van der Waals surface area (Å²) in [6.45, 7) is 7.06. The van der Waals surface area contributed by atoms with Gasteiger partial charge in [-0.15, -0.1) is 0 Å². The molecule has 1 fully saturated rings. The highest BCUT2D eigenvalue weighted by Gasteiger charge is 2.24. The minimum Gasteiger partial charge on any atom is -0.336 e. The Balaban J connectivity index is 1.11. The normalized spacial score (nSPS) is 14.3. The molecule has 0 saturated carbocycles. The van der Waals surface area contributed by atoms with Crippen LogP contribution in [-0.2, 0) is 19.5 Å². The molecule has 0 unspecified atom stereocenters. The van der Waals surface area contributed by atoms with Gasteiger partial charge in [-0.25, -0.2) is 4.98 Å². The van der Waals surface area contributed by atoms with Gasteiger partial charge < -0.3 is 9.47 Å². The summed E-state index contributed by atoms with van der Waals surface area (Å²) >= 11 is 0. The van der Waals surface area contributed by atoms with Crippen LogP contribution in [0, 0.1) is 0 Å². The number of unbranched alkanes of at least 4 members (excludes halogenated alkanes) is 1. The van der Waals surface area contributed by atoms with E-state index in [0.29, 0.717) is 0 Å². The molecule has 0 N–H and O–H groups in total. The van der Waals surface area contributed by atoms with Crippen molar-refractivity contribution in [2.24, 2.45) is 0 Å². The Morgan fingerprint density at radius 3 is 2.36 bits per heavy atom. The predicted molar refractivity (Wildman–Crippen MR) is 159 cm³/mol. The maximum Gasteiger partial charge on any atom is 0.254 e. The Kier molecular flexibility index (Phi) is 7.42. The zero-order valence-electron chi connectivity index (χ0n) is 22.7. The number of fused-ring (bicyclic) bond motifs is 2. The summed E-state index contributed by atoms with van der Waals surface area (Å²) in [5.74, 6) is 0.158. The van der Waals surface area contributed by atoms with Gasteiger partial charge in [-0.1, -0.05) is 80.1 Å². The third-order valence-electron chi connectivity index (χ3n) is 7.98. The number of hydrogen-bond acceptors (Lipinski definition) is 3. The van der Waals surface area contributed by atoms with Crippen molar-refractivity contribution >= 4 is 27.5 Å². The van der Waals surface area contributed by atoms with E-state index >= 15 is 0 Å². The summed E-state index contributed by atoms with van der Waals surface area (Å²) in [7, 11) is 0. The van der Waals surface area contributed by atoms with Gasteiger partial charge in [0.25, 0.3) is 5.91 Å². The number of aryl methyl sites for hydroxylation is 1. The second-order valence-corrected chi connectivity index (χ2v) is 10.7. The topological polar surface area (TPSA) is 41.4 Å². The standard InChI is InChI=1S/C34H36N4O/c1-2-3-8-26-19-30-11-6-7-12-32(30)33(21-26)34(39)37-17-15-36(16-18-37)24-31-22-35-25-38(31)23-27-13-14-28-9-4-5-10-29(28)20-27/h4-7,9-14,19-22,25H,2-3,8,15-18,23-24H2,1H3. The maximum atomic E-state index is 13.7. The predicted octanol–water partition coefficient (Wildman–Crippen LogP) is 6.54. The Morgan fingerprint density at radius 1 is 0.795 bits per heavy atom. The fourth-order valence-corrected chi connectivity index (χ4v) is 5.74. The molecule has 4 aromatic carbocycles. The first-order valence-electron chi connectivity index (χ1n) is 14.2. The lowest BCUT2D eigenvalue weighted by Gasteiger charge is -2.35. The van der Waals surface area contributed by atoms with Crippen molar-refractivity contribution in [2.45, 2.75) is 39.3 Å². The number of aromatic nitrogens is 2. The number of rotatable bonds is 8. The quantitative estimate of drug-likeness (QED) is 0.235. The highest BCUT2D eigenvalue weighted by molar-refractivity contribution is 6.07. The minimum atomic E-state index is 0.158. The van der Waals surface area contributed by atoms with Crippen LogP contribution in [0.3, 0.4) is 0 Å². The largest absolute Gasteiger partial charge is 0.336 e. The average molecular weight is 517 g/mol. The lowest BCUT2D eigenvalue weighted by Crippen LogP contribution is -2.48. The molecule has 2 heterocycles. The highest BCUT2D eigenvalue weighted by Crippen LogP contribution is 2.25. The van der Waals surface area contributed by atoms with Gasteiger partial charge in [0, 0.05) is 51.0 Å². The molecule has 0 radical (unpaired) electrons. The molecule has 0 spiro atoms. The number of benzene rings is 4. The van der Waals surface area contributed by atoms with Crippen LogP contribution in [0.4, 0.5) is 0 Å². The second kappa shape index (κ2) is 11.4. The number of amides is 1. The van der Waals surface area contributed by atoms with Crippen LogP contribution in [0.25, 0.3) is 21.5 Å². The van der Waals surface area contributed by atoms with Gasteiger partial charge in [-0.3, -0.25) is 9.69 Å². The third kappa shape index (κ3) is 5.59. The van der Waals surface area contributed by atoms with Crippen molar-refractivity contribution in [3.63, 3.8) is 0 Å². The molecule has 0 bridgehead atoms. The number of hydrogen-bond donors (Lipinski definition) is 0. The van der Waals surface area contributed by atoms with E-state index < -0.39 is 0 Å². The summed E-state index contributed by atoms with van der Waals surface area (Å²) < 4.78 is 2.25. The Bertz CT molecular complexity index is 1600. The maximum absolute atomic E-state index is 13.7. The molecule has 1 aromatic heterocycles. The van der Waals surface area contributed by atoms with E-state index in [1.165, 1.54) is 27.6 Å². The van der Waals surface area contributed by atoms with Crippen LogP contribution in [0.2, 0.25) is 0 Å². The van der Waals surface area contributed by atoms with Crippen molar-refractivity contribution in [1.29, 1.82) is 0 Å². The molecular formula is C34H36N4O. The fourth-order valence-electron chi connectivity index (χ4n) is 5.74. The van der Waals surface area contributed by atoms with E-state index in [1.54, 1.807) is 0 Å². The van der Waals surface area contributed by atoms with Crippen LogP contribution >= 0.6 is 0 Å². The summed E-state index contributed by atoms with van der Waals surface area (Å²) in [6.07, 6.45) is 7.22. The molecule has 198 valence electrons. The Hall–Kier alpha value is -3.96.